The first-order valence-electron chi connectivity index (χ1n) is 8.64. The fourth-order valence-electron chi connectivity index (χ4n) is 3.13. The highest BCUT2D eigenvalue weighted by Crippen LogP contribution is 2.35. The van der Waals surface area contributed by atoms with Crippen LogP contribution in [0.3, 0.4) is 0 Å². The number of carbonyl (C=O) groups is 2. The Kier molecular flexibility index (Phi) is 4.52. The fourth-order valence-corrected chi connectivity index (χ4v) is 3.13. The van der Waals surface area contributed by atoms with E-state index < -0.39 is 17.8 Å². The number of aromatic nitrogens is 2. The van der Waals surface area contributed by atoms with Crippen molar-refractivity contribution < 1.29 is 18.7 Å². The quantitative estimate of drug-likeness (QED) is 0.728. The molecule has 1 atom stereocenters. The number of rotatable bonds is 4. The van der Waals surface area contributed by atoms with E-state index in [2.05, 4.69) is 15.7 Å². The van der Waals surface area contributed by atoms with Crippen LogP contribution in [0.15, 0.2) is 54.7 Å². The van der Waals surface area contributed by atoms with E-state index in [1.165, 1.54) is 22.9 Å². The summed E-state index contributed by atoms with van der Waals surface area (Å²) in [5, 5.41) is 9.60. The van der Waals surface area contributed by atoms with Crippen LogP contribution in [-0.2, 0) is 9.59 Å². The number of fused-ring (bicyclic) bond motifs is 1. The number of hydrogen-bond acceptors (Lipinski definition) is 4. The summed E-state index contributed by atoms with van der Waals surface area (Å²) < 4.78 is 20.5. The number of amides is 2. The maximum absolute atomic E-state index is 13.9. The van der Waals surface area contributed by atoms with E-state index in [1.807, 2.05) is 12.1 Å². The van der Waals surface area contributed by atoms with Gasteiger partial charge in [-0.25, -0.2) is 9.07 Å². The van der Waals surface area contributed by atoms with Crippen LogP contribution >= 0.6 is 0 Å². The third-order valence-corrected chi connectivity index (χ3v) is 4.56. The van der Waals surface area contributed by atoms with E-state index >= 15 is 0 Å². The SMILES string of the molecule is COc1ccc(-c2cnn3c2NC(=O)C[C@H]3C(=O)Nc2ccccc2F)cc1. The van der Waals surface area contributed by atoms with Crippen molar-refractivity contribution in [2.75, 3.05) is 17.7 Å². The monoisotopic (exact) mass is 380 g/mol. The summed E-state index contributed by atoms with van der Waals surface area (Å²) in [6.07, 6.45) is 1.50. The minimum Gasteiger partial charge on any atom is -0.497 e. The molecule has 2 N–H and O–H groups in total. The number of nitrogens with zero attached hydrogens (tertiary/aromatic N) is 2. The van der Waals surface area contributed by atoms with Gasteiger partial charge in [-0.15, -0.1) is 0 Å². The number of nitrogens with one attached hydrogen (secondary N) is 2. The van der Waals surface area contributed by atoms with Crippen LogP contribution in [0.5, 0.6) is 5.75 Å². The lowest BCUT2D eigenvalue weighted by molar-refractivity contribution is -0.125. The molecule has 4 rings (SSSR count). The first-order chi connectivity index (χ1) is 13.6. The van der Waals surface area contributed by atoms with Crippen LogP contribution in [0.2, 0.25) is 0 Å². The van der Waals surface area contributed by atoms with E-state index in [4.69, 9.17) is 4.74 Å². The normalized spacial score (nSPS) is 15.5. The Hall–Kier alpha value is -3.68. The highest BCUT2D eigenvalue weighted by atomic mass is 19.1. The number of anilines is 2. The molecule has 0 aliphatic carbocycles. The van der Waals surface area contributed by atoms with Gasteiger partial charge in [0.15, 0.2) is 0 Å². The van der Waals surface area contributed by atoms with E-state index in [0.29, 0.717) is 17.1 Å². The molecule has 0 radical (unpaired) electrons. The molecule has 7 nitrogen and oxygen atoms in total. The number of carbonyl (C=O) groups excluding carboxylic acids is 2. The number of para-hydroxylation sites is 1. The van der Waals surface area contributed by atoms with Crippen molar-refractivity contribution in [2.24, 2.45) is 0 Å². The third-order valence-electron chi connectivity index (χ3n) is 4.56. The zero-order valence-corrected chi connectivity index (χ0v) is 15.0. The van der Waals surface area contributed by atoms with Crippen molar-refractivity contribution in [3.8, 4) is 16.9 Å². The van der Waals surface area contributed by atoms with Crippen molar-refractivity contribution in [1.29, 1.82) is 0 Å². The largest absolute Gasteiger partial charge is 0.497 e. The molecule has 8 heteroatoms. The molecule has 1 aromatic heterocycles. The van der Waals surface area contributed by atoms with Gasteiger partial charge in [-0.3, -0.25) is 9.59 Å². The van der Waals surface area contributed by atoms with Gasteiger partial charge in [0, 0.05) is 5.56 Å². The van der Waals surface area contributed by atoms with Gasteiger partial charge >= 0.3 is 0 Å². The maximum atomic E-state index is 13.9. The van der Waals surface area contributed by atoms with Crippen LogP contribution < -0.4 is 15.4 Å². The van der Waals surface area contributed by atoms with E-state index in [1.54, 1.807) is 31.5 Å². The Morgan fingerprint density at radius 2 is 2.00 bits per heavy atom. The van der Waals surface area contributed by atoms with E-state index in [0.717, 1.165) is 5.56 Å². The summed E-state index contributed by atoms with van der Waals surface area (Å²) in [7, 11) is 1.58. The Labute approximate surface area is 160 Å². The van der Waals surface area contributed by atoms with Gasteiger partial charge in [-0.2, -0.15) is 5.10 Å². The molecule has 0 saturated heterocycles. The molecule has 2 aromatic carbocycles. The van der Waals surface area contributed by atoms with Crippen molar-refractivity contribution in [1.82, 2.24) is 9.78 Å². The molecule has 142 valence electrons. The summed E-state index contributed by atoms with van der Waals surface area (Å²) >= 11 is 0. The first kappa shape index (κ1) is 17.7. The molecular formula is C20H17FN4O3. The smallest absolute Gasteiger partial charge is 0.249 e. The van der Waals surface area contributed by atoms with Gasteiger partial charge in [0.05, 0.1) is 25.4 Å². The average Bonchev–Trinajstić information content (AvgIpc) is 3.12. The molecule has 2 amide bonds. The molecule has 0 bridgehead atoms. The van der Waals surface area contributed by atoms with Gasteiger partial charge < -0.3 is 15.4 Å². The molecular weight excluding hydrogens is 363 g/mol. The molecule has 3 aromatic rings. The second-order valence-corrected chi connectivity index (χ2v) is 6.32. The van der Waals surface area contributed by atoms with E-state index in [-0.39, 0.29) is 18.0 Å². The predicted octanol–water partition coefficient (Wildman–Crippen LogP) is 3.22. The van der Waals surface area contributed by atoms with Crippen molar-refractivity contribution >= 4 is 23.3 Å². The van der Waals surface area contributed by atoms with E-state index in [9.17, 15) is 14.0 Å². The lowest BCUT2D eigenvalue weighted by atomic mass is 10.1. The Morgan fingerprint density at radius 3 is 2.71 bits per heavy atom. The maximum Gasteiger partial charge on any atom is 0.249 e. The van der Waals surface area contributed by atoms with Crippen LogP contribution in [0.1, 0.15) is 12.5 Å². The zero-order chi connectivity index (χ0) is 19.7. The van der Waals surface area contributed by atoms with Crippen molar-refractivity contribution in [2.45, 2.75) is 12.5 Å². The van der Waals surface area contributed by atoms with Crippen molar-refractivity contribution in [3.05, 3.63) is 60.5 Å². The Morgan fingerprint density at radius 1 is 1.25 bits per heavy atom. The molecule has 0 spiro atoms. The summed E-state index contributed by atoms with van der Waals surface area (Å²) in [5.74, 6) is -0.233. The lowest BCUT2D eigenvalue weighted by Gasteiger charge is -2.24. The van der Waals surface area contributed by atoms with Gasteiger partial charge in [0.25, 0.3) is 0 Å². The third kappa shape index (κ3) is 3.20. The number of methoxy groups -OCH3 is 1. The number of hydrogen-bond donors (Lipinski definition) is 2. The Bertz CT molecular complexity index is 1050. The molecule has 28 heavy (non-hydrogen) atoms. The first-order valence-corrected chi connectivity index (χ1v) is 8.64. The van der Waals surface area contributed by atoms with Crippen LogP contribution in [-0.4, -0.2) is 28.7 Å². The highest BCUT2D eigenvalue weighted by Gasteiger charge is 2.33. The average molecular weight is 380 g/mol. The summed E-state index contributed by atoms with van der Waals surface area (Å²) in [6, 6.07) is 12.3. The van der Waals surface area contributed by atoms with Crippen LogP contribution in [0.25, 0.3) is 11.1 Å². The topological polar surface area (TPSA) is 85.2 Å². The highest BCUT2D eigenvalue weighted by molar-refractivity contribution is 6.03. The summed E-state index contributed by atoms with van der Waals surface area (Å²) in [4.78, 5) is 24.9. The van der Waals surface area contributed by atoms with Crippen molar-refractivity contribution in [3.63, 3.8) is 0 Å². The second kappa shape index (κ2) is 7.15. The Balaban J connectivity index is 1.66. The van der Waals surface area contributed by atoms with Crippen LogP contribution in [0, 0.1) is 5.82 Å². The lowest BCUT2D eigenvalue weighted by Crippen LogP contribution is -2.36. The molecule has 1 aliphatic rings. The zero-order valence-electron chi connectivity index (χ0n) is 15.0. The molecule has 0 fully saturated rings. The number of benzene rings is 2. The standard InChI is InChI=1S/C20H17FN4O3/c1-28-13-8-6-12(7-9-13)14-11-22-25-17(10-18(26)24-19(14)25)20(27)23-16-5-3-2-4-15(16)21/h2-9,11,17H,10H2,1H3,(H,23,27)(H,24,26)/t17-/m0/s1. The number of ether oxygens (including phenoxy) is 1. The predicted molar refractivity (Wildman–Crippen MR) is 102 cm³/mol. The minimum atomic E-state index is -0.879. The minimum absolute atomic E-state index is 0.0579. The van der Waals surface area contributed by atoms with Gasteiger partial charge in [0.1, 0.15) is 23.4 Å². The molecule has 1 aliphatic heterocycles. The summed E-state index contributed by atoms with van der Waals surface area (Å²) in [5.41, 5.74) is 1.56. The number of halogens is 1. The second-order valence-electron chi connectivity index (χ2n) is 6.32. The van der Waals surface area contributed by atoms with Gasteiger partial charge in [-0.1, -0.05) is 24.3 Å². The van der Waals surface area contributed by atoms with Crippen LogP contribution in [0.4, 0.5) is 15.9 Å². The molecule has 0 unspecified atom stereocenters. The molecule has 2 heterocycles. The van der Waals surface area contributed by atoms with Gasteiger partial charge in [0.2, 0.25) is 11.8 Å². The summed E-state index contributed by atoms with van der Waals surface area (Å²) in [6.45, 7) is 0. The van der Waals surface area contributed by atoms with Gasteiger partial charge in [-0.05, 0) is 29.8 Å². The fraction of sp³-hybridized carbons (Fsp3) is 0.150. The molecule has 0 saturated carbocycles.